The van der Waals surface area contributed by atoms with E-state index in [9.17, 15) is 4.79 Å². The molecule has 0 aliphatic carbocycles. The van der Waals surface area contributed by atoms with E-state index < -0.39 is 0 Å². The van der Waals surface area contributed by atoms with Gasteiger partial charge in [-0.15, -0.1) is 24.0 Å². The molecule has 0 unspecified atom stereocenters. The molecule has 3 rings (SSSR count). The lowest BCUT2D eigenvalue weighted by Gasteiger charge is -2.44. The molecule has 1 N–H and O–H groups in total. The molecule has 0 saturated carbocycles. The third-order valence-corrected chi connectivity index (χ3v) is 6.47. The fraction of sp³-hybridized carbons (Fsp3) is 0.905. The lowest BCUT2D eigenvalue weighted by atomic mass is 9.88. The molecule has 0 atom stereocenters. The first-order valence-electron chi connectivity index (χ1n) is 11.2. The van der Waals surface area contributed by atoms with Crippen molar-refractivity contribution < 1.29 is 14.3 Å². The lowest BCUT2D eigenvalue weighted by molar-refractivity contribution is -0.149. The van der Waals surface area contributed by atoms with Crippen LogP contribution in [0.2, 0.25) is 0 Å². The van der Waals surface area contributed by atoms with Crippen LogP contribution in [0.15, 0.2) is 4.99 Å². The van der Waals surface area contributed by atoms with E-state index >= 15 is 0 Å². The van der Waals surface area contributed by atoms with Gasteiger partial charge >= 0.3 is 5.97 Å². The van der Waals surface area contributed by atoms with Crippen LogP contribution in [0.3, 0.4) is 0 Å². The molecular formula is C21H39IN4O3. The Balaban J connectivity index is 0.00000300. The number of halogens is 1. The van der Waals surface area contributed by atoms with Crippen LogP contribution in [0.4, 0.5) is 0 Å². The summed E-state index contributed by atoms with van der Waals surface area (Å²) < 4.78 is 10.9. The summed E-state index contributed by atoms with van der Waals surface area (Å²) in [5.41, 5.74) is 0.151. The molecule has 3 aliphatic rings. The van der Waals surface area contributed by atoms with Gasteiger partial charge in [0.2, 0.25) is 0 Å². The molecule has 29 heavy (non-hydrogen) atoms. The Morgan fingerprint density at radius 2 is 1.79 bits per heavy atom. The van der Waals surface area contributed by atoms with Gasteiger partial charge in [-0.25, -0.2) is 0 Å². The SMILES string of the molecule is CCNC(=NCC1(N2CCCC2)CCOCC1)N1CCC(C(=O)OCC)CC1.I. The van der Waals surface area contributed by atoms with Crippen molar-refractivity contribution in [3.8, 4) is 0 Å². The standard InChI is InChI=1S/C21H38N4O3.HI/c1-3-22-20(24-13-7-18(8-14-24)19(26)28-4-2)23-17-21(9-15-27-16-10-21)25-11-5-6-12-25;/h18H,3-17H2,1-2H3,(H,22,23);1H. The minimum atomic E-state index is -0.0423. The zero-order chi connectivity index (χ0) is 19.8. The quantitative estimate of drug-likeness (QED) is 0.250. The number of hydrogen-bond acceptors (Lipinski definition) is 5. The van der Waals surface area contributed by atoms with E-state index in [1.54, 1.807) is 0 Å². The van der Waals surface area contributed by atoms with E-state index in [-0.39, 0.29) is 41.4 Å². The third-order valence-electron chi connectivity index (χ3n) is 6.47. The number of carbonyl (C=O) groups excluding carboxylic acids is 1. The second kappa shape index (κ2) is 12.3. The Hall–Kier alpha value is -0.610. The normalized spacial score (nSPS) is 23.5. The van der Waals surface area contributed by atoms with Gasteiger partial charge < -0.3 is 19.7 Å². The average molecular weight is 522 g/mol. The van der Waals surface area contributed by atoms with E-state index in [1.807, 2.05) is 6.92 Å². The highest BCUT2D eigenvalue weighted by atomic mass is 127. The summed E-state index contributed by atoms with van der Waals surface area (Å²) in [5, 5.41) is 3.48. The molecule has 0 aromatic rings. The Labute approximate surface area is 193 Å². The summed E-state index contributed by atoms with van der Waals surface area (Å²) >= 11 is 0. The van der Waals surface area contributed by atoms with Crippen molar-refractivity contribution in [2.24, 2.45) is 10.9 Å². The number of carbonyl (C=O) groups is 1. The predicted molar refractivity (Wildman–Crippen MR) is 126 cm³/mol. The van der Waals surface area contributed by atoms with Crippen LogP contribution in [0.1, 0.15) is 52.4 Å². The van der Waals surface area contributed by atoms with Crippen molar-refractivity contribution in [1.29, 1.82) is 0 Å². The van der Waals surface area contributed by atoms with Gasteiger partial charge in [0.15, 0.2) is 5.96 Å². The molecule has 7 nitrogen and oxygen atoms in total. The summed E-state index contributed by atoms with van der Waals surface area (Å²) in [7, 11) is 0. The maximum atomic E-state index is 12.0. The Bertz CT molecular complexity index is 526. The number of nitrogens with one attached hydrogen (secondary N) is 1. The first kappa shape index (κ1) is 24.7. The van der Waals surface area contributed by atoms with Crippen molar-refractivity contribution in [3.63, 3.8) is 0 Å². The largest absolute Gasteiger partial charge is 0.466 e. The number of esters is 1. The molecule has 0 radical (unpaired) electrons. The lowest BCUT2D eigenvalue weighted by Crippen LogP contribution is -2.54. The fourth-order valence-electron chi connectivity index (χ4n) is 4.75. The van der Waals surface area contributed by atoms with E-state index in [4.69, 9.17) is 14.5 Å². The topological polar surface area (TPSA) is 66.4 Å². The molecule has 8 heteroatoms. The van der Waals surface area contributed by atoms with Gasteiger partial charge in [-0.2, -0.15) is 0 Å². The zero-order valence-corrected chi connectivity index (χ0v) is 20.5. The van der Waals surface area contributed by atoms with E-state index in [1.165, 1.54) is 25.9 Å². The van der Waals surface area contributed by atoms with E-state index in [0.717, 1.165) is 71.0 Å². The minimum Gasteiger partial charge on any atom is -0.466 e. The number of aliphatic imine (C=N–C) groups is 1. The van der Waals surface area contributed by atoms with Crippen LogP contribution in [-0.4, -0.2) is 86.4 Å². The van der Waals surface area contributed by atoms with Gasteiger partial charge in [-0.05, 0) is 65.5 Å². The van der Waals surface area contributed by atoms with Crippen LogP contribution < -0.4 is 5.32 Å². The van der Waals surface area contributed by atoms with Crippen molar-refractivity contribution in [2.45, 2.75) is 57.9 Å². The Morgan fingerprint density at radius 1 is 1.14 bits per heavy atom. The first-order valence-corrected chi connectivity index (χ1v) is 11.2. The van der Waals surface area contributed by atoms with Crippen LogP contribution in [0.5, 0.6) is 0 Å². The van der Waals surface area contributed by atoms with Crippen molar-refractivity contribution in [3.05, 3.63) is 0 Å². The van der Waals surface area contributed by atoms with E-state index in [2.05, 4.69) is 22.0 Å². The summed E-state index contributed by atoms with van der Waals surface area (Å²) in [6, 6.07) is 0. The van der Waals surface area contributed by atoms with E-state index in [0.29, 0.717) is 6.61 Å². The summed E-state index contributed by atoms with van der Waals surface area (Å²) in [5.74, 6) is 0.986. The number of nitrogens with zero attached hydrogens (tertiary/aromatic N) is 3. The maximum absolute atomic E-state index is 12.0. The smallest absolute Gasteiger partial charge is 0.309 e. The molecular weight excluding hydrogens is 483 g/mol. The number of ether oxygens (including phenoxy) is 2. The van der Waals surface area contributed by atoms with Crippen molar-refractivity contribution in [2.75, 3.05) is 59.1 Å². The van der Waals surface area contributed by atoms with Gasteiger partial charge in [0.25, 0.3) is 0 Å². The molecule has 3 saturated heterocycles. The molecule has 3 aliphatic heterocycles. The van der Waals surface area contributed by atoms with Crippen LogP contribution in [-0.2, 0) is 14.3 Å². The van der Waals surface area contributed by atoms with Gasteiger partial charge in [0, 0.05) is 38.4 Å². The molecule has 3 heterocycles. The highest BCUT2D eigenvalue weighted by Gasteiger charge is 2.39. The summed E-state index contributed by atoms with van der Waals surface area (Å²) in [6.45, 7) is 11.9. The highest BCUT2D eigenvalue weighted by molar-refractivity contribution is 14.0. The van der Waals surface area contributed by atoms with Gasteiger partial charge in [0.05, 0.1) is 19.1 Å². The molecule has 3 fully saturated rings. The number of rotatable bonds is 6. The maximum Gasteiger partial charge on any atom is 0.309 e. The Kier molecular flexibility index (Phi) is 10.5. The zero-order valence-electron chi connectivity index (χ0n) is 18.2. The molecule has 0 spiro atoms. The second-order valence-electron chi connectivity index (χ2n) is 8.21. The fourth-order valence-corrected chi connectivity index (χ4v) is 4.75. The number of guanidine groups is 1. The third kappa shape index (κ3) is 6.43. The summed E-state index contributed by atoms with van der Waals surface area (Å²) in [4.78, 5) is 22.1. The minimum absolute atomic E-state index is 0. The highest BCUT2D eigenvalue weighted by Crippen LogP contribution is 2.32. The predicted octanol–water partition coefficient (Wildman–Crippen LogP) is 2.49. The molecule has 0 aromatic carbocycles. The average Bonchev–Trinajstić information content (AvgIpc) is 3.28. The summed E-state index contributed by atoms with van der Waals surface area (Å²) in [6.07, 6.45) is 6.42. The molecule has 0 amide bonds. The van der Waals surface area contributed by atoms with Crippen molar-refractivity contribution >= 4 is 35.9 Å². The van der Waals surface area contributed by atoms with Crippen molar-refractivity contribution in [1.82, 2.24) is 15.1 Å². The second-order valence-corrected chi connectivity index (χ2v) is 8.21. The van der Waals surface area contributed by atoms with Crippen LogP contribution in [0.25, 0.3) is 0 Å². The molecule has 0 bridgehead atoms. The van der Waals surface area contributed by atoms with Gasteiger partial charge in [-0.3, -0.25) is 14.7 Å². The Morgan fingerprint density at radius 3 is 2.38 bits per heavy atom. The number of hydrogen-bond donors (Lipinski definition) is 1. The number of likely N-dealkylation sites (tertiary alicyclic amines) is 2. The van der Waals surface area contributed by atoms with Crippen LogP contribution in [0, 0.1) is 5.92 Å². The molecule has 0 aromatic heterocycles. The van der Waals surface area contributed by atoms with Crippen LogP contribution >= 0.6 is 24.0 Å². The number of piperidine rings is 1. The van der Waals surface area contributed by atoms with Gasteiger partial charge in [-0.1, -0.05) is 0 Å². The first-order chi connectivity index (χ1) is 13.7. The monoisotopic (exact) mass is 522 g/mol. The molecule has 168 valence electrons. The van der Waals surface area contributed by atoms with Gasteiger partial charge in [0.1, 0.15) is 0 Å².